The van der Waals surface area contributed by atoms with Gasteiger partial charge in [0.2, 0.25) is 0 Å². The molecule has 0 fully saturated rings. The molecule has 0 bridgehead atoms. The maximum atomic E-state index is 13.3. The first-order valence-electron chi connectivity index (χ1n) is 9.52. The maximum Gasteiger partial charge on any atom is 0.407 e. The molecule has 2 heterocycles. The van der Waals surface area contributed by atoms with E-state index in [0.29, 0.717) is 35.5 Å². The van der Waals surface area contributed by atoms with Crippen LogP contribution in [0, 0.1) is 0 Å². The molecule has 9 heteroatoms. The number of ether oxygens (including phenoxy) is 1. The minimum absolute atomic E-state index is 0.164. The Morgan fingerprint density at radius 3 is 2.57 bits per heavy atom. The largest absolute Gasteiger partial charge is 0.444 e. The van der Waals surface area contributed by atoms with Gasteiger partial charge in [0.25, 0.3) is 10.0 Å². The van der Waals surface area contributed by atoms with Crippen LogP contribution >= 0.6 is 11.6 Å². The summed E-state index contributed by atoms with van der Waals surface area (Å²) in [5.41, 5.74) is 0.241. The van der Waals surface area contributed by atoms with Crippen molar-refractivity contribution >= 4 is 38.8 Å². The van der Waals surface area contributed by atoms with Gasteiger partial charge in [0.15, 0.2) is 5.65 Å². The van der Waals surface area contributed by atoms with Gasteiger partial charge < -0.3 is 10.1 Å². The van der Waals surface area contributed by atoms with E-state index in [1.165, 1.54) is 10.2 Å². The van der Waals surface area contributed by atoms with E-state index in [-0.39, 0.29) is 10.5 Å². The highest BCUT2D eigenvalue weighted by molar-refractivity contribution is 7.90. The zero-order valence-corrected chi connectivity index (χ0v) is 18.6. The Morgan fingerprint density at radius 1 is 1.20 bits per heavy atom. The molecule has 0 aliphatic rings. The average molecular weight is 450 g/mol. The summed E-state index contributed by atoms with van der Waals surface area (Å²) < 4.78 is 33.1. The predicted octanol–water partition coefficient (Wildman–Crippen LogP) is 4.38. The van der Waals surface area contributed by atoms with Crippen molar-refractivity contribution in [2.45, 2.75) is 44.1 Å². The maximum absolute atomic E-state index is 13.3. The molecule has 0 aliphatic heterocycles. The molecule has 3 aromatic rings. The molecule has 0 atom stereocenters. The summed E-state index contributed by atoms with van der Waals surface area (Å²) in [7, 11) is -3.86. The van der Waals surface area contributed by atoms with Crippen LogP contribution in [0.5, 0.6) is 0 Å². The molecule has 7 nitrogen and oxygen atoms in total. The summed E-state index contributed by atoms with van der Waals surface area (Å²) in [6, 6.07) is 11.5. The number of hydrogen-bond acceptors (Lipinski definition) is 5. The summed E-state index contributed by atoms with van der Waals surface area (Å²) in [6.07, 6.45) is 1.88. The molecule has 0 radical (unpaired) electrons. The molecule has 30 heavy (non-hydrogen) atoms. The van der Waals surface area contributed by atoms with Crippen molar-refractivity contribution in [2.24, 2.45) is 0 Å². The molecule has 160 valence electrons. The van der Waals surface area contributed by atoms with E-state index < -0.39 is 21.7 Å². The molecular formula is C21H24ClN3O4S. The van der Waals surface area contributed by atoms with E-state index >= 15 is 0 Å². The Morgan fingerprint density at radius 2 is 1.90 bits per heavy atom. The molecule has 0 saturated heterocycles. The number of carbonyl (C=O) groups is 1. The summed E-state index contributed by atoms with van der Waals surface area (Å²) in [4.78, 5) is 16.2. The Hall–Kier alpha value is -2.58. The number of fused-ring (bicyclic) bond motifs is 1. The molecule has 0 spiro atoms. The highest BCUT2D eigenvalue weighted by Crippen LogP contribution is 2.29. The van der Waals surface area contributed by atoms with Crippen molar-refractivity contribution < 1.29 is 17.9 Å². The second-order valence-corrected chi connectivity index (χ2v) is 9.97. The lowest BCUT2D eigenvalue weighted by Crippen LogP contribution is -2.33. The summed E-state index contributed by atoms with van der Waals surface area (Å²) in [5, 5.41) is 3.67. The first kappa shape index (κ1) is 22.1. The molecule has 0 unspecified atom stereocenters. The van der Waals surface area contributed by atoms with Crippen molar-refractivity contribution in [3.8, 4) is 0 Å². The van der Waals surface area contributed by atoms with Crippen LogP contribution in [0.1, 0.15) is 32.9 Å². The minimum Gasteiger partial charge on any atom is -0.444 e. The first-order valence-corrected chi connectivity index (χ1v) is 11.3. The fraction of sp³-hybridized carbons (Fsp3) is 0.333. The number of halogens is 1. The Balaban J connectivity index is 1.87. The Labute approximate surface area is 181 Å². The summed E-state index contributed by atoms with van der Waals surface area (Å²) in [5.74, 6) is 0. The van der Waals surface area contributed by atoms with Crippen LogP contribution in [0.2, 0.25) is 5.02 Å². The van der Waals surface area contributed by atoms with Crippen molar-refractivity contribution in [1.29, 1.82) is 0 Å². The van der Waals surface area contributed by atoms with Crippen molar-refractivity contribution in [1.82, 2.24) is 14.3 Å². The molecule has 1 aromatic carbocycles. The minimum atomic E-state index is -3.86. The van der Waals surface area contributed by atoms with E-state index in [9.17, 15) is 13.2 Å². The third-order valence-corrected chi connectivity index (χ3v) is 6.33. The van der Waals surface area contributed by atoms with E-state index in [1.54, 1.807) is 63.2 Å². The third-order valence-electron chi connectivity index (χ3n) is 4.24. The number of nitrogens with zero attached hydrogens (tertiary/aromatic N) is 2. The van der Waals surface area contributed by atoms with Crippen molar-refractivity contribution in [2.75, 3.05) is 6.54 Å². The number of nitrogens with one attached hydrogen (secondary N) is 1. The number of carbonyl (C=O) groups excluding carboxylic acids is 1. The number of amides is 1. The van der Waals surface area contributed by atoms with Gasteiger partial charge in [-0.2, -0.15) is 0 Å². The van der Waals surface area contributed by atoms with Crippen LogP contribution in [-0.2, 0) is 21.2 Å². The second-order valence-electron chi connectivity index (χ2n) is 7.78. The zero-order valence-electron chi connectivity index (χ0n) is 17.1. The molecule has 1 amide bonds. The molecule has 0 aliphatic carbocycles. The van der Waals surface area contributed by atoms with Gasteiger partial charge in [0.1, 0.15) is 5.60 Å². The number of alkyl carbamates (subject to hydrolysis) is 1. The van der Waals surface area contributed by atoms with Crippen molar-refractivity contribution in [3.05, 3.63) is 59.4 Å². The van der Waals surface area contributed by atoms with Gasteiger partial charge in [-0.1, -0.05) is 29.8 Å². The lowest BCUT2D eigenvalue weighted by molar-refractivity contribution is 0.0527. The number of aromatic nitrogens is 2. The van der Waals surface area contributed by atoms with Gasteiger partial charge in [-0.25, -0.2) is 22.2 Å². The number of rotatable bonds is 6. The monoisotopic (exact) mass is 449 g/mol. The van der Waals surface area contributed by atoms with Gasteiger partial charge >= 0.3 is 6.09 Å². The van der Waals surface area contributed by atoms with Gasteiger partial charge in [-0.3, -0.25) is 0 Å². The number of aryl methyl sites for hydroxylation is 1. The van der Waals surface area contributed by atoms with E-state index in [0.717, 1.165) is 0 Å². The normalized spacial score (nSPS) is 12.1. The van der Waals surface area contributed by atoms with Gasteiger partial charge in [-0.15, -0.1) is 0 Å². The lowest BCUT2D eigenvalue weighted by Gasteiger charge is -2.19. The number of hydrogen-bond donors (Lipinski definition) is 1. The fourth-order valence-corrected chi connectivity index (χ4v) is 4.74. The SMILES string of the molecule is CC(C)(C)OC(=O)NCCCc1cc2c(Cl)ccnc2n1S(=O)(=O)c1ccccc1. The number of pyridine rings is 1. The molecular weight excluding hydrogens is 426 g/mol. The van der Waals surface area contributed by atoms with Gasteiger partial charge in [0, 0.05) is 23.8 Å². The quantitative estimate of drug-likeness (QED) is 0.564. The predicted molar refractivity (Wildman–Crippen MR) is 116 cm³/mol. The summed E-state index contributed by atoms with van der Waals surface area (Å²) >= 11 is 6.28. The highest BCUT2D eigenvalue weighted by atomic mass is 35.5. The standard InChI is InChI=1S/C21H24ClN3O4S/c1-21(2,3)29-20(26)24-12-7-8-15-14-17-18(22)11-13-23-19(17)25(15)30(27,28)16-9-5-4-6-10-16/h4-6,9-11,13-14H,7-8,12H2,1-3H3,(H,24,26). The Kier molecular flexibility index (Phi) is 6.38. The molecule has 2 aromatic heterocycles. The van der Waals surface area contributed by atoms with Crippen LogP contribution in [0.15, 0.2) is 53.6 Å². The van der Waals surface area contributed by atoms with Crippen LogP contribution in [-0.4, -0.2) is 35.6 Å². The van der Waals surface area contributed by atoms with Crippen LogP contribution < -0.4 is 5.32 Å². The average Bonchev–Trinajstić information content (AvgIpc) is 3.05. The summed E-state index contributed by atoms with van der Waals surface area (Å²) in [6.45, 7) is 5.70. The second kappa shape index (κ2) is 8.65. The van der Waals surface area contributed by atoms with Crippen molar-refractivity contribution in [3.63, 3.8) is 0 Å². The van der Waals surface area contributed by atoms with E-state index in [2.05, 4.69) is 10.3 Å². The topological polar surface area (TPSA) is 90.3 Å². The third kappa shape index (κ3) is 4.94. The Bertz CT molecular complexity index is 1150. The molecule has 0 saturated carbocycles. The van der Waals surface area contributed by atoms with Crippen LogP contribution in [0.3, 0.4) is 0 Å². The van der Waals surface area contributed by atoms with Gasteiger partial charge in [0.05, 0.1) is 9.92 Å². The fourth-order valence-electron chi connectivity index (χ4n) is 3.01. The van der Waals surface area contributed by atoms with E-state index in [4.69, 9.17) is 16.3 Å². The molecule has 1 N–H and O–H groups in total. The van der Waals surface area contributed by atoms with E-state index in [1.807, 2.05) is 0 Å². The smallest absolute Gasteiger partial charge is 0.407 e. The number of benzene rings is 1. The molecule has 3 rings (SSSR count). The highest BCUT2D eigenvalue weighted by Gasteiger charge is 2.24. The van der Waals surface area contributed by atoms with Crippen LogP contribution in [0.4, 0.5) is 4.79 Å². The lowest BCUT2D eigenvalue weighted by atomic mass is 10.2. The zero-order chi connectivity index (χ0) is 21.9. The first-order chi connectivity index (χ1) is 14.1. The van der Waals surface area contributed by atoms with Crippen LogP contribution in [0.25, 0.3) is 11.0 Å². The van der Waals surface area contributed by atoms with Gasteiger partial charge in [-0.05, 0) is 57.9 Å².